The smallest absolute Gasteiger partial charge is 0.255 e. The van der Waals surface area contributed by atoms with Gasteiger partial charge in [-0.3, -0.25) is 9.78 Å². The van der Waals surface area contributed by atoms with Crippen LogP contribution < -0.4 is 5.32 Å². The third-order valence-electron chi connectivity index (χ3n) is 3.27. The Bertz CT molecular complexity index is 652. The molecule has 0 unspecified atom stereocenters. The van der Waals surface area contributed by atoms with Gasteiger partial charge >= 0.3 is 0 Å². The molecule has 0 bridgehead atoms. The summed E-state index contributed by atoms with van der Waals surface area (Å²) in [5.74, 6) is -0.0496. The minimum Gasteiger partial charge on any atom is -0.352 e. The summed E-state index contributed by atoms with van der Waals surface area (Å²) in [6.45, 7) is 5.20. The molecule has 0 aliphatic carbocycles. The highest BCUT2D eigenvalue weighted by Gasteiger charge is 2.14. The van der Waals surface area contributed by atoms with E-state index in [-0.39, 0.29) is 5.91 Å². The number of hydrogen-bond acceptors (Lipinski definition) is 3. The SMILES string of the molecule is CCN(CC)C(=O)c1cncc(Nc2c(Cl)cccc2Cl)c1. The molecule has 0 spiro atoms. The lowest BCUT2D eigenvalue weighted by Crippen LogP contribution is -2.30. The molecular weight excluding hydrogens is 321 g/mol. The molecule has 0 saturated heterocycles. The number of hydrogen-bond donors (Lipinski definition) is 1. The van der Waals surface area contributed by atoms with Crippen LogP contribution in [0.1, 0.15) is 24.2 Å². The molecule has 2 rings (SSSR count). The van der Waals surface area contributed by atoms with Crippen molar-refractivity contribution in [1.29, 1.82) is 0 Å². The van der Waals surface area contributed by atoms with E-state index in [1.807, 2.05) is 13.8 Å². The Labute approximate surface area is 140 Å². The van der Waals surface area contributed by atoms with Gasteiger partial charge in [-0.05, 0) is 32.0 Å². The summed E-state index contributed by atoms with van der Waals surface area (Å²) in [6.07, 6.45) is 3.18. The Kier molecular flexibility index (Phi) is 5.63. The van der Waals surface area contributed by atoms with Crippen LogP contribution in [0.3, 0.4) is 0 Å². The fourth-order valence-corrected chi connectivity index (χ4v) is 2.57. The predicted octanol–water partition coefficient (Wildman–Crippen LogP) is 4.61. The Morgan fingerprint density at radius 1 is 1.18 bits per heavy atom. The molecule has 1 amide bonds. The predicted molar refractivity (Wildman–Crippen MR) is 91.2 cm³/mol. The van der Waals surface area contributed by atoms with Gasteiger partial charge in [0.1, 0.15) is 0 Å². The zero-order valence-corrected chi connectivity index (χ0v) is 13.9. The van der Waals surface area contributed by atoms with Crippen molar-refractivity contribution in [2.75, 3.05) is 18.4 Å². The molecule has 1 aromatic carbocycles. The molecule has 116 valence electrons. The topological polar surface area (TPSA) is 45.2 Å². The molecule has 1 heterocycles. The van der Waals surface area contributed by atoms with Gasteiger partial charge in [0.05, 0.1) is 33.2 Å². The molecule has 0 aliphatic heterocycles. The van der Waals surface area contributed by atoms with E-state index in [4.69, 9.17) is 23.2 Å². The molecule has 1 N–H and O–H groups in total. The number of anilines is 2. The molecular formula is C16H17Cl2N3O. The lowest BCUT2D eigenvalue weighted by atomic mass is 10.2. The third-order valence-corrected chi connectivity index (χ3v) is 3.90. The van der Waals surface area contributed by atoms with Crippen molar-refractivity contribution < 1.29 is 4.79 Å². The fourth-order valence-electron chi connectivity index (χ4n) is 2.08. The number of aromatic nitrogens is 1. The second-order valence-electron chi connectivity index (χ2n) is 4.66. The lowest BCUT2D eigenvalue weighted by Gasteiger charge is -2.19. The summed E-state index contributed by atoms with van der Waals surface area (Å²) in [4.78, 5) is 18.2. The van der Waals surface area contributed by atoms with Crippen molar-refractivity contribution in [3.8, 4) is 0 Å². The Hall–Kier alpha value is -1.78. The molecule has 0 aliphatic rings. The standard InChI is InChI=1S/C16H17Cl2N3O/c1-3-21(4-2)16(22)11-8-12(10-19-9-11)20-15-13(17)6-5-7-14(15)18/h5-10,20H,3-4H2,1-2H3. The summed E-state index contributed by atoms with van der Waals surface area (Å²) in [5.41, 5.74) is 1.78. The van der Waals surface area contributed by atoms with Crippen LogP contribution in [0.25, 0.3) is 0 Å². The average Bonchev–Trinajstić information content (AvgIpc) is 2.52. The maximum Gasteiger partial charge on any atom is 0.255 e. The van der Waals surface area contributed by atoms with Gasteiger partial charge in [0, 0.05) is 19.3 Å². The van der Waals surface area contributed by atoms with E-state index in [0.29, 0.717) is 40.1 Å². The van der Waals surface area contributed by atoms with Crippen LogP contribution in [0, 0.1) is 0 Å². The van der Waals surface area contributed by atoms with Crippen LogP contribution >= 0.6 is 23.2 Å². The van der Waals surface area contributed by atoms with E-state index in [1.165, 1.54) is 0 Å². The quantitative estimate of drug-likeness (QED) is 0.866. The highest BCUT2D eigenvalue weighted by Crippen LogP contribution is 2.32. The van der Waals surface area contributed by atoms with Crippen LogP contribution in [-0.4, -0.2) is 28.9 Å². The number of rotatable bonds is 5. The van der Waals surface area contributed by atoms with E-state index in [2.05, 4.69) is 10.3 Å². The number of nitrogens with one attached hydrogen (secondary N) is 1. The molecule has 22 heavy (non-hydrogen) atoms. The minimum atomic E-state index is -0.0496. The summed E-state index contributed by atoms with van der Waals surface area (Å²) in [5, 5.41) is 4.13. The van der Waals surface area contributed by atoms with E-state index >= 15 is 0 Å². The largest absolute Gasteiger partial charge is 0.352 e. The molecule has 6 heteroatoms. The van der Waals surface area contributed by atoms with Crippen molar-refractivity contribution in [2.45, 2.75) is 13.8 Å². The van der Waals surface area contributed by atoms with Crippen molar-refractivity contribution in [2.24, 2.45) is 0 Å². The Balaban J connectivity index is 2.27. The van der Waals surface area contributed by atoms with Gasteiger partial charge in [-0.15, -0.1) is 0 Å². The maximum absolute atomic E-state index is 12.4. The van der Waals surface area contributed by atoms with E-state index in [9.17, 15) is 4.79 Å². The van der Waals surface area contributed by atoms with Gasteiger partial charge in [-0.25, -0.2) is 0 Å². The number of benzene rings is 1. The van der Waals surface area contributed by atoms with E-state index < -0.39 is 0 Å². The van der Waals surface area contributed by atoms with Crippen LogP contribution in [0.4, 0.5) is 11.4 Å². The van der Waals surface area contributed by atoms with Gasteiger partial charge in [0.15, 0.2) is 0 Å². The summed E-state index contributed by atoms with van der Waals surface area (Å²) in [7, 11) is 0. The number of halogens is 2. The maximum atomic E-state index is 12.4. The van der Waals surface area contributed by atoms with Gasteiger partial charge in [-0.2, -0.15) is 0 Å². The van der Waals surface area contributed by atoms with Crippen molar-refractivity contribution in [3.05, 3.63) is 52.3 Å². The first-order valence-electron chi connectivity index (χ1n) is 7.02. The minimum absolute atomic E-state index is 0.0496. The Morgan fingerprint density at radius 2 is 1.82 bits per heavy atom. The number of carbonyl (C=O) groups excluding carboxylic acids is 1. The van der Waals surface area contributed by atoms with Crippen LogP contribution in [0.15, 0.2) is 36.7 Å². The number of carbonyl (C=O) groups is 1. The van der Waals surface area contributed by atoms with Crippen LogP contribution in [-0.2, 0) is 0 Å². The third kappa shape index (κ3) is 3.70. The van der Waals surface area contributed by atoms with Crippen LogP contribution in [0.5, 0.6) is 0 Å². The molecule has 0 radical (unpaired) electrons. The molecule has 1 aromatic heterocycles. The average molecular weight is 338 g/mol. The van der Waals surface area contributed by atoms with Crippen LogP contribution in [0.2, 0.25) is 10.0 Å². The van der Waals surface area contributed by atoms with Gasteiger partial charge in [0.25, 0.3) is 5.91 Å². The number of nitrogens with zero attached hydrogens (tertiary/aromatic N) is 2. The van der Waals surface area contributed by atoms with Gasteiger partial charge < -0.3 is 10.2 Å². The molecule has 0 fully saturated rings. The summed E-state index contributed by atoms with van der Waals surface area (Å²) in [6, 6.07) is 7.00. The monoisotopic (exact) mass is 337 g/mol. The normalized spacial score (nSPS) is 10.4. The summed E-state index contributed by atoms with van der Waals surface area (Å²) >= 11 is 12.3. The summed E-state index contributed by atoms with van der Waals surface area (Å²) < 4.78 is 0. The molecule has 0 saturated carbocycles. The zero-order chi connectivity index (χ0) is 16.1. The number of para-hydroxylation sites is 1. The number of amides is 1. The molecule has 0 atom stereocenters. The van der Waals surface area contributed by atoms with Gasteiger partial charge in [-0.1, -0.05) is 29.3 Å². The van der Waals surface area contributed by atoms with Crippen molar-refractivity contribution >= 4 is 40.5 Å². The second kappa shape index (κ2) is 7.47. The number of pyridine rings is 1. The highest BCUT2D eigenvalue weighted by atomic mass is 35.5. The van der Waals surface area contributed by atoms with E-state index in [0.717, 1.165) is 0 Å². The first-order valence-corrected chi connectivity index (χ1v) is 7.77. The highest BCUT2D eigenvalue weighted by molar-refractivity contribution is 6.39. The van der Waals surface area contributed by atoms with Gasteiger partial charge in [0.2, 0.25) is 0 Å². The Morgan fingerprint density at radius 3 is 2.41 bits per heavy atom. The van der Waals surface area contributed by atoms with Crippen molar-refractivity contribution in [1.82, 2.24) is 9.88 Å². The molecule has 2 aromatic rings. The van der Waals surface area contributed by atoms with E-state index in [1.54, 1.807) is 41.6 Å². The first kappa shape index (κ1) is 16.6. The second-order valence-corrected chi connectivity index (χ2v) is 5.48. The zero-order valence-electron chi connectivity index (χ0n) is 12.4. The fraction of sp³-hybridized carbons (Fsp3) is 0.250. The molecule has 4 nitrogen and oxygen atoms in total. The first-order chi connectivity index (χ1) is 10.6. The van der Waals surface area contributed by atoms with Crippen molar-refractivity contribution in [3.63, 3.8) is 0 Å². The lowest BCUT2D eigenvalue weighted by molar-refractivity contribution is 0.0772.